The molecule has 0 aromatic carbocycles. The van der Waals surface area contributed by atoms with Gasteiger partial charge in [0.2, 0.25) is 23.8 Å². The Bertz CT molecular complexity index is 469. The second-order valence-corrected chi connectivity index (χ2v) is 2.57. The maximum absolute atomic E-state index is 12.9. The minimum absolute atomic E-state index is 0.250. The molecule has 0 radical (unpaired) electrons. The summed E-state index contributed by atoms with van der Waals surface area (Å²) in [5, 5.41) is -0.868. The number of hydrogen-bond acceptors (Lipinski definition) is 2. The maximum atomic E-state index is 12.9. The van der Waals surface area contributed by atoms with E-state index < -0.39 is 29.2 Å². The molecule has 0 N–H and O–H groups in total. The van der Waals surface area contributed by atoms with Gasteiger partial charge in [-0.25, -0.2) is 0 Å². The molecule has 0 aliphatic carbocycles. The molecular formula is C8H2F4N2. The number of fused-ring (bicyclic) bond motifs is 1. The van der Waals surface area contributed by atoms with Gasteiger partial charge in [-0.05, 0) is 5.39 Å². The van der Waals surface area contributed by atoms with Gasteiger partial charge in [0.1, 0.15) is 0 Å². The summed E-state index contributed by atoms with van der Waals surface area (Å²) in [5.74, 6) is -4.96. The van der Waals surface area contributed by atoms with Crippen molar-refractivity contribution in [3.8, 4) is 0 Å². The molecular weight excluding hydrogens is 200 g/mol. The minimum Gasteiger partial charge on any atom is -0.190 e. The fourth-order valence-corrected chi connectivity index (χ4v) is 1.13. The van der Waals surface area contributed by atoms with Gasteiger partial charge in [0, 0.05) is 12.1 Å². The van der Waals surface area contributed by atoms with Crippen LogP contribution in [-0.2, 0) is 0 Å². The summed E-state index contributed by atoms with van der Waals surface area (Å²) in [7, 11) is 0. The Morgan fingerprint density at radius 3 is 1.64 bits per heavy atom. The summed E-state index contributed by atoms with van der Waals surface area (Å²) < 4.78 is 50.9. The quantitative estimate of drug-likeness (QED) is 0.483. The molecule has 0 fully saturated rings. The van der Waals surface area contributed by atoms with Gasteiger partial charge in [-0.2, -0.15) is 27.5 Å². The van der Waals surface area contributed by atoms with E-state index in [4.69, 9.17) is 0 Å². The molecule has 2 nitrogen and oxygen atoms in total. The van der Waals surface area contributed by atoms with Crippen molar-refractivity contribution >= 4 is 10.8 Å². The number of rotatable bonds is 0. The van der Waals surface area contributed by atoms with E-state index in [0.717, 1.165) is 12.1 Å². The van der Waals surface area contributed by atoms with Crippen LogP contribution < -0.4 is 0 Å². The van der Waals surface area contributed by atoms with Gasteiger partial charge in [-0.15, -0.1) is 0 Å². The fraction of sp³-hybridized carbons (Fsp3) is 0. The van der Waals surface area contributed by atoms with Crippen molar-refractivity contribution in [3.05, 3.63) is 35.9 Å². The first kappa shape index (κ1) is 8.86. The largest absolute Gasteiger partial charge is 0.228 e. The van der Waals surface area contributed by atoms with E-state index in [0.29, 0.717) is 0 Å². The van der Waals surface area contributed by atoms with Gasteiger partial charge in [0.05, 0.1) is 5.39 Å². The van der Waals surface area contributed by atoms with Gasteiger partial charge in [-0.1, -0.05) is 0 Å². The highest BCUT2D eigenvalue weighted by Gasteiger charge is 2.12. The predicted octanol–water partition coefficient (Wildman–Crippen LogP) is 2.19. The Morgan fingerprint density at radius 2 is 1.21 bits per heavy atom. The molecule has 2 rings (SSSR count). The maximum Gasteiger partial charge on any atom is 0.228 e. The molecule has 6 heteroatoms. The third-order valence-electron chi connectivity index (χ3n) is 1.66. The summed E-state index contributed by atoms with van der Waals surface area (Å²) in [4.78, 5) is 5.51. The van der Waals surface area contributed by atoms with Crippen molar-refractivity contribution in [2.75, 3.05) is 0 Å². The molecule has 0 atom stereocenters. The Balaban J connectivity index is 2.94. The molecule has 0 amide bonds. The number of halogens is 4. The van der Waals surface area contributed by atoms with Crippen molar-refractivity contribution in [1.82, 2.24) is 9.97 Å². The highest BCUT2D eigenvalue weighted by molar-refractivity contribution is 5.81. The van der Waals surface area contributed by atoms with E-state index >= 15 is 0 Å². The monoisotopic (exact) mass is 202 g/mol. The first-order chi connectivity index (χ1) is 6.58. The lowest BCUT2D eigenvalue weighted by molar-refractivity contribution is 0.498. The second-order valence-electron chi connectivity index (χ2n) is 2.57. The van der Waals surface area contributed by atoms with Crippen LogP contribution in [0.3, 0.4) is 0 Å². The summed E-state index contributed by atoms with van der Waals surface area (Å²) in [6, 6.07) is 1.46. The molecule has 2 heterocycles. The van der Waals surface area contributed by atoms with E-state index in [9.17, 15) is 17.6 Å². The molecule has 0 unspecified atom stereocenters. The lowest BCUT2D eigenvalue weighted by Gasteiger charge is -1.99. The van der Waals surface area contributed by atoms with E-state index in [2.05, 4.69) is 9.97 Å². The Morgan fingerprint density at radius 1 is 0.786 bits per heavy atom. The van der Waals surface area contributed by atoms with Gasteiger partial charge in [0.15, 0.2) is 0 Å². The molecule has 0 spiro atoms. The Labute approximate surface area is 75.2 Å². The molecule has 72 valence electrons. The first-order valence-corrected chi connectivity index (χ1v) is 3.56. The Kier molecular flexibility index (Phi) is 1.83. The van der Waals surface area contributed by atoms with E-state index in [1.165, 1.54) is 0 Å². The number of aromatic nitrogens is 2. The second kappa shape index (κ2) is 2.90. The number of pyridine rings is 2. The third-order valence-corrected chi connectivity index (χ3v) is 1.66. The van der Waals surface area contributed by atoms with E-state index in [-0.39, 0.29) is 5.39 Å². The molecule has 0 saturated heterocycles. The average molecular weight is 202 g/mol. The molecule has 0 aliphatic heterocycles. The zero-order valence-electron chi connectivity index (χ0n) is 6.56. The van der Waals surface area contributed by atoms with Gasteiger partial charge in [0.25, 0.3) is 0 Å². The van der Waals surface area contributed by atoms with Crippen molar-refractivity contribution < 1.29 is 17.6 Å². The molecule has 2 aromatic rings. The van der Waals surface area contributed by atoms with Gasteiger partial charge >= 0.3 is 0 Å². The fourth-order valence-electron chi connectivity index (χ4n) is 1.13. The van der Waals surface area contributed by atoms with Crippen molar-refractivity contribution in [2.45, 2.75) is 0 Å². The molecule has 0 aliphatic rings. The zero-order chi connectivity index (χ0) is 10.3. The Hall–Kier alpha value is -1.72. The highest BCUT2D eigenvalue weighted by atomic mass is 19.2. The van der Waals surface area contributed by atoms with Gasteiger partial charge < -0.3 is 0 Å². The number of hydrogen-bond donors (Lipinski definition) is 0. The standard InChI is InChI=1S/C8H2F4N2/c9-4-1-3-2-5(10)14-8(12)6(3)7(11)13-4/h1-2H. The van der Waals surface area contributed by atoms with Crippen LogP contribution in [0.1, 0.15) is 0 Å². The third kappa shape index (κ3) is 1.28. The average Bonchev–Trinajstić information content (AvgIpc) is 1.99. The normalized spacial score (nSPS) is 10.9. The van der Waals surface area contributed by atoms with Crippen molar-refractivity contribution in [1.29, 1.82) is 0 Å². The molecule has 0 bridgehead atoms. The van der Waals surface area contributed by atoms with Crippen LogP contribution >= 0.6 is 0 Å². The van der Waals surface area contributed by atoms with Crippen LogP contribution in [0, 0.1) is 23.8 Å². The minimum atomic E-state index is -1.34. The summed E-state index contributed by atoms with van der Waals surface area (Å²) in [6.07, 6.45) is 0. The summed E-state index contributed by atoms with van der Waals surface area (Å²) in [6.45, 7) is 0. The van der Waals surface area contributed by atoms with Crippen LogP contribution in [-0.4, -0.2) is 9.97 Å². The summed E-state index contributed by atoms with van der Waals surface area (Å²) in [5.41, 5.74) is 0. The SMILES string of the molecule is Fc1cc2cc(F)nc(F)c2c(F)n1. The first-order valence-electron chi connectivity index (χ1n) is 3.56. The van der Waals surface area contributed by atoms with E-state index in [1.807, 2.05) is 0 Å². The van der Waals surface area contributed by atoms with E-state index in [1.54, 1.807) is 0 Å². The van der Waals surface area contributed by atoms with Crippen LogP contribution in [0.2, 0.25) is 0 Å². The molecule has 2 aromatic heterocycles. The lowest BCUT2D eigenvalue weighted by Crippen LogP contribution is -1.97. The number of nitrogens with zero attached hydrogens (tertiary/aromatic N) is 2. The highest BCUT2D eigenvalue weighted by Crippen LogP contribution is 2.19. The van der Waals surface area contributed by atoms with Crippen molar-refractivity contribution in [2.24, 2.45) is 0 Å². The topological polar surface area (TPSA) is 25.8 Å². The molecule has 14 heavy (non-hydrogen) atoms. The van der Waals surface area contributed by atoms with Crippen LogP contribution in [0.15, 0.2) is 12.1 Å². The van der Waals surface area contributed by atoms with Gasteiger partial charge in [-0.3, -0.25) is 0 Å². The molecule has 0 saturated carbocycles. The zero-order valence-corrected chi connectivity index (χ0v) is 6.56. The predicted molar refractivity (Wildman–Crippen MR) is 39.4 cm³/mol. The van der Waals surface area contributed by atoms with Crippen LogP contribution in [0.4, 0.5) is 17.6 Å². The summed E-state index contributed by atoms with van der Waals surface area (Å²) >= 11 is 0. The van der Waals surface area contributed by atoms with Crippen LogP contribution in [0.25, 0.3) is 10.8 Å². The lowest BCUT2D eigenvalue weighted by atomic mass is 10.2. The smallest absolute Gasteiger partial charge is 0.190 e. The van der Waals surface area contributed by atoms with Crippen molar-refractivity contribution in [3.63, 3.8) is 0 Å². The van der Waals surface area contributed by atoms with Crippen LogP contribution in [0.5, 0.6) is 0 Å².